The molecule has 0 fully saturated rings. The van der Waals surface area contributed by atoms with Crippen molar-refractivity contribution in [1.29, 1.82) is 0 Å². The fraction of sp³-hybridized carbons (Fsp3) is 0.140. The lowest BCUT2D eigenvalue weighted by Crippen LogP contribution is -2.34. The number of rotatable bonds is 10. The van der Waals surface area contributed by atoms with E-state index in [2.05, 4.69) is 181 Å². The minimum atomic E-state index is 0.470. The first kappa shape index (κ1) is 30.6. The molecule has 0 saturated carbocycles. The van der Waals surface area contributed by atoms with Gasteiger partial charge in [0.25, 0.3) is 0 Å². The molecule has 0 atom stereocenters. The first-order chi connectivity index (χ1) is 22.5. The van der Waals surface area contributed by atoms with E-state index >= 15 is 0 Å². The quantitative estimate of drug-likeness (QED) is 0.110. The summed E-state index contributed by atoms with van der Waals surface area (Å²) in [5.74, 6) is 0.470. The normalized spacial score (nSPS) is 11.9. The molecule has 3 heterocycles. The van der Waals surface area contributed by atoms with Gasteiger partial charge in [-0.3, -0.25) is 0 Å². The Hall–Kier alpha value is -5.41. The molecule has 46 heavy (non-hydrogen) atoms. The molecule has 0 aliphatic heterocycles. The summed E-state index contributed by atoms with van der Waals surface area (Å²) in [6, 6.07) is 35.1. The zero-order chi connectivity index (χ0) is 31.9. The van der Waals surface area contributed by atoms with Gasteiger partial charge in [0.05, 0.1) is 0 Å². The molecule has 3 aromatic carbocycles. The summed E-state index contributed by atoms with van der Waals surface area (Å²) in [4.78, 5) is 0. The summed E-state index contributed by atoms with van der Waals surface area (Å²) >= 11 is 0. The van der Waals surface area contributed by atoms with Gasteiger partial charge in [0.15, 0.2) is 50.3 Å². The van der Waals surface area contributed by atoms with Gasteiger partial charge in [-0.05, 0) is 40.5 Å². The second-order valence-corrected chi connectivity index (χ2v) is 12.0. The third-order valence-corrected chi connectivity index (χ3v) is 8.54. The smallest absolute Gasteiger partial charge is 0.201 e. The standard InChI is InChI=1S/C43H42N3/c1-5-11-34(12-6-2)35-19-25-44(26-20-35)31-39-15-9-13-38-14-10-16-40(43(38)39)32-45-27-21-36(22-28-45)37-23-29-46(30-24-37)42-18-8-7-17-41(42)33(3)4/h5-30,33H,1,31-32H2,2-4H3/q+3/b12-6-,34-11+. The molecule has 0 bridgehead atoms. The minimum Gasteiger partial charge on any atom is -0.201 e. The number of pyridine rings is 3. The number of hydrogen-bond acceptors (Lipinski definition) is 0. The van der Waals surface area contributed by atoms with E-state index in [0.717, 1.165) is 18.7 Å². The van der Waals surface area contributed by atoms with E-state index in [0.29, 0.717) is 5.92 Å². The third kappa shape index (κ3) is 6.79. The summed E-state index contributed by atoms with van der Waals surface area (Å²) in [6.07, 6.45) is 21.1. The van der Waals surface area contributed by atoms with Gasteiger partial charge in [0.2, 0.25) is 5.69 Å². The molecule has 0 amide bonds. The van der Waals surface area contributed by atoms with Crippen LogP contribution in [0, 0.1) is 0 Å². The van der Waals surface area contributed by atoms with Gasteiger partial charge < -0.3 is 0 Å². The average Bonchev–Trinajstić information content (AvgIpc) is 3.09. The molecule has 0 N–H and O–H groups in total. The van der Waals surface area contributed by atoms with Crippen molar-refractivity contribution in [3.63, 3.8) is 0 Å². The molecule has 0 unspecified atom stereocenters. The number of fused-ring (bicyclic) bond motifs is 1. The van der Waals surface area contributed by atoms with Gasteiger partial charge in [-0.2, -0.15) is 4.57 Å². The number of allylic oxidation sites excluding steroid dienone is 5. The van der Waals surface area contributed by atoms with Crippen LogP contribution in [0.15, 0.2) is 165 Å². The van der Waals surface area contributed by atoms with Crippen LogP contribution < -0.4 is 13.7 Å². The van der Waals surface area contributed by atoms with Crippen LogP contribution in [-0.4, -0.2) is 0 Å². The molecule has 0 saturated heterocycles. The molecule has 3 aromatic heterocycles. The lowest BCUT2D eigenvalue weighted by molar-refractivity contribution is -0.688. The Morgan fingerprint density at radius 2 is 1.24 bits per heavy atom. The summed E-state index contributed by atoms with van der Waals surface area (Å²) in [5.41, 5.74) is 9.97. The van der Waals surface area contributed by atoms with E-state index in [1.54, 1.807) is 0 Å². The van der Waals surface area contributed by atoms with E-state index in [9.17, 15) is 0 Å². The van der Waals surface area contributed by atoms with Crippen LogP contribution in [-0.2, 0) is 13.1 Å². The highest BCUT2D eigenvalue weighted by molar-refractivity contribution is 5.88. The van der Waals surface area contributed by atoms with E-state index in [1.165, 1.54) is 49.8 Å². The monoisotopic (exact) mass is 600 g/mol. The van der Waals surface area contributed by atoms with Gasteiger partial charge in [0.1, 0.15) is 0 Å². The van der Waals surface area contributed by atoms with Crippen molar-refractivity contribution in [3.8, 4) is 16.8 Å². The zero-order valence-electron chi connectivity index (χ0n) is 27.1. The minimum absolute atomic E-state index is 0.470. The van der Waals surface area contributed by atoms with E-state index in [1.807, 2.05) is 19.1 Å². The van der Waals surface area contributed by atoms with E-state index < -0.39 is 0 Å². The van der Waals surface area contributed by atoms with Crippen LogP contribution in [0.3, 0.4) is 0 Å². The summed E-state index contributed by atoms with van der Waals surface area (Å²) in [7, 11) is 0. The molecule has 3 heteroatoms. The van der Waals surface area contributed by atoms with Crippen molar-refractivity contribution in [1.82, 2.24) is 0 Å². The van der Waals surface area contributed by atoms with Crippen LogP contribution in [0.1, 0.15) is 48.9 Å². The molecule has 0 aliphatic rings. The van der Waals surface area contributed by atoms with Gasteiger partial charge in [0, 0.05) is 64.5 Å². The average molecular weight is 601 g/mol. The van der Waals surface area contributed by atoms with Gasteiger partial charge in [-0.25, -0.2) is 9.13 Å². The van der Waals surface area contributed by atoms with Crippen LogP contribution in [0.5, 0.6) is 0 Å². The second kappa shape index (κ2) is 14.1. The van der Waals surface area contributed by atoms with E-state index in [-0.39, 0.29) is 0 Å². The number of benzene rings is 3. The Morgan fingerprint density at radius 3 is 1.80 bits per heavy atom. The largest absolute Gasteiger partial charge is 0.214 e. The SMILES string of the molecule is C=C/C=C(\C=C/C)c1cc[n+](Cc2cccc3cccc(C[n+]4ccc(-c5cc[n+](-c6ccccc6C(C)C)cc5)cc4)c23)cc1. The van der Waals surface area contributed by atoms with Crippen molar-refractivity contribution < 1.29 is 13.7 Å². The van der Waals surface area contributed by atoms with Crippen LogP contribution in [0.25, 0.3) is 33.2 Å². The van der Waals surface area contributed by atoms with Crippen LogP contribution in [0.4, 0.5) is 0 Å². The fourth-order valence-corrected chi connectivity index (χ4v) is 6.21. The highest BCUT2D eigenvalue weighted by Crippen LogP contribution is 2.24. The predicted molar refractivity (Wildman–Crippen MR) is 189 cm³/mol. The third-order valence-electron chi connectivity index (χ3n) is 8.54. The first-order valence-electron chi connectivity index (χ1n) is 16.1. The zero-order valence-corrected chi connectivity index (χ0v) is 27.1. The van der Waals surface area contributed by atoms with Gasteiger partial charge in [-0.1, -0.05) is 99.3 Å². The lowest BCUT2D eigenvalue weighted by Gasteiger charge is -2.09. The molecule has 0 spiro atoms. The number of hydrogen-bond donors (Lipinski definition) is 0. The maximum atomic E-state index is 3.87. The predicted octanol–water partition coefficient (Wildman–Crippen LogP) is 8.72. The first-order valence-corrected chi connectivity index (χ1v) is 16.1. The van der Waals surface area contributed by atoms with Gasteiger partial charge in [-0.15, -0.1) is 0 Å². The Labute approximate surface area is 273 Å². The molecule has 0 radical (unpaired) electrons. The number of aromatic nitrogens is 3. The lowest BCUT2D eigenvalue weighted by atomic mass is 9.98. The number of nitrogens with zero attached hydrogens (tertiary/aromatic N) is 3. The highest BCUT2D eigenvalue weighted by atomic mass is 14.9. The van der Waals surface area contributed by atoms with E-state index in [4.69, 9.17) is 0 Å². The fourth-order valence-electron chi connectivity index (χ4n) is 6.21. The van der Waals surface area contributed by atoms with Crippen molar-refractivity contribution in [3.05, 3.63) is 187 Å². The molecule has 0 aliphatic carbocycles. The Balaban J connectivity index is 1.22. The summed E-state index contributed by atoms with van der Waals surface area (Å²) in [5, 5.41) is 2.60. The molecule has 6 rings (SSSR count). The Morgan fingerprint density at radius 1 is 0.674 bits per heavy atom. The molecule has 3 nitrogen and oxygen atoms in total. The molecular formula is C43H42N3+3. The van der Waals surface area contributed by atoms with Crippen molar-refractivity contribution in [2.24, 2.45) is 0 Å². The molecular weight excluding hydrogens is 558 g/mol. The molecule has 226 valence electrons. The van der Waals surface area contributed by atoms with Crippen molar-refractivity contribution >= 4 is 16.3 Å². The molecule has 6 aromatic rings. The maximum Gasteiger partial charge on any atom is 0.214 e. The van der Waals surface area contributed by atoms with Crippen LogP contribution >= 0.6 is 0 Å². The van der Waals surface area contributed by atoms with Crippen molar-refractivity contribution in [2.45, 2.75) is 39.8 Å². The Kier molecular flexibility index (Phi) is 9.40. The summed E-state index contributed by atoms with van der Waals surface area (Å²) < 4.78 is 6.74. The maximum absolute atomic E-state index is 3.87. The highest BCUT2D eigenvalue weighted by Gasteiger charge is 2.16. The van der Waals surface area contributed by atoms with Crippen molar-refractivity contribution in [2.75, 3.05) is 0 Å². The van der Waals surface area contributed by atoms with Gasteiger partial charge >= 0.3 is 0 Å². The number of para-hydroxylation sites is 1. The van der Waals surface area contributed by atoms with Crippen LogP contribution in [0.2, 0.25) is 0 Å². The summed E-state index contributed by atoms with van der Waals surface area (Å²) in [6.45, 7) is 12.0. The second-order valence-electron chi connectivity index (χ2n) is 12.0. The topological polar surface area (TPSA) is 11.6 Å². The Bertz CT molecular complexity index is 2010.